The summed E-state index contributed by atoms with van der Waals surface area (Å²) in [5, 5.41) is 3.27. The Kier molecular flexibility index (Phi) is 5.41. The van der Waals surface area contributed by atoms with Crippen LogP contribution in [0.3, 0.4) is 0 Å². The van der Waals surface area contributed by atoms with E-state index in [-0.39, 0.29) is 17.2 Å². The van der Waals surface area contributed by atoms with Crippen molar-refractivity contribution in [1.82, 2.24) is 10.0 Å². The smallest absolute Gasteiger partial charge is 0.213 e. The molecule has 0 amide bonds. The molecule has 0 bridgehead atoms. The quantitative estimate of drug-likeness (QED) is 0.762. The predicted molar refractivity (Wildman–Crippen MR) is 71.5 cm³/mol. The Morgan fingerprint density at radius 3 is 2.59 bits per heavy atom. The van der Waals surface area contributed by atoms with Crippen LogP contribution in [-0.4, -0.2) is 33.3 Å². The third kappa shape index (κ3) is 5.84. The van der Waals surface area contributed by atoms with Gasteiger partial charge in [0.05, 0.1) is 5.75 Å². The van der Waals surface area contributed by atoms with Crippen molar-refractivity contribution in [3.8, 4) is 0 Å². The molecule has 5 heteroatoms. The Morgan fingerprint density at radius 1 is 1.35 bits per heavy atom. The molecular weight excluding hydrogens is 236 g/mol. The molecule has 0 aliphatic carbocycles. The number of piperidine rings is 1. The van der Waals surface area contributed by atoms with Gasteiger partial charge in [0.15, 0.2) is 0 Å². The number of hydrogen-bond donors (Lipinski definition) is 2. The summed E-state index contributed by atoms with van der Waals surface area (Å²) in [5.41, 5.74) is 0.0348. The summed E-state index contributed by atoms with van der Waals surface area (Å²) < 4.78 is 26.6. The Labute approximate surface area is 106 Å². The van der Waals surface area contributed by atoms with Crippen LogP contribution in [0, 0.1) is 5.41 Å². The fourth-order valence-corrected chi connectivity index (χ4v) is 3.36. The third-order valence-corrected chi connectivity index (χ3v) is 4.99. The maximum atomic E-state index is 11.9. The van der Waals surface area contributed by atoms with E-state index in [0.717, 1.165) is 32.2 Å². The molecule has 1 unspecified atom stereocenters. The van der Waals surface area contributed by atoms with Gasteiger partial charge in [-0.3, -0.25) is 0 Å². The maximum Gasteiger partial charge on any atom is 0.213 e. The van der Waals surface area contributed by atoms with Crippen LogP contribution in [0.4, 0.5) is 0 Å². The largest absolute Gasteiger partial charge is 0.313 e. The van der Waals surface area contributed by atoms with Gasteiger partial charge in [0.2, 0.25) is 10.0 Å². The van der Waals surface area contributed by atoms with Gasteiger partial charge in [-0.15, -0.1) is 0 Å². The fourth-order valence-electron chi connectivity index (χ4n) is 1.82. The van der Waals surface area contributed by atoms with Crippen molar-refractivity contribution >= 4 is 10.0 Å². The summed E-state index contributed by atoms with van der Waals surface area (Å²) in [5.74, 6) is 0.215. The van der Waals surface area contributed by atoms with Gasteiger partial charge in [0.1, 0.15) is 0 Å². The molecule has 1 rings (SSSR count). The summed E-state index contributed by atoms with van der Waals surface area (Å²) in [7, 11) is -3.14. The van der Waals surface area contributed by atoms with Gasteiger partial charge in [-0.2, -0.15) is 0 Å². The molecule has 17 heavy (non-hydrogen) atoms. The average molecular weight is 262 g/mol. The molecule has 102 valence electrons. The highest BCUT2D eigenvalue weighted by molar-refractivity contribution is 7.89. The van der Waals surface area contributed by atoms with E-state index in [1.807, 2.05) is 0 Å². The van der Waals surface area contributed by atoms with Crippen LogP contribution in [0.25, 0.3) is 0 Å². The molecule has 4 nitrogen and oxygen atoms in total. The second-order valence-electron chi connectivity index (χ2n) is 5.77. The molecule has 1 saturated heterocycles. The first kappa shape index (κ1) is 14.9. The molecule has 1 heterocycles. The first-order chi connectivity index (χ1) is 7.85. The first-order valence-electron chi connectivity index (χ1n) is 6.55. The van der Waals surface area contributed by atoms with Crippen LogP contribution >= 0.6 is 0 Å². The summed E-state index contributed by atoms with van der Waals surface area (Å²) in [6.07, 6.45) is 4.23. The van der Waals surface area contributed by atoms with Gasteiger partial charge in [0, 0.05) is 12.6 Å². The van der Waals surface area contributed by atoms with Crippen LogP contribution in [-0.2, 0) is 10.0 Å². The van der Waals surface area contributed by atoms with Gasteiger partial charge in [-0.1, -0.05) is 27.2 Å². The Hall–Kier alpha value is -0.130. The molecule has 0 aromatic heterocycles. The highest BCUT2D eigenvalue weighted by atomic mass is 32.2. The molecule has 1 aliphatic heterocycles. The summed E-state index contributed by atoms with van der Waals surface area (Å²) in [6.45, 7) is 7.71. The lowest BCUT2D eigenvalue weighted by atomic mass is 9.91. The van der Waals surface area contributed by atoms with Crippen molar-refractivity contribution in [3.63, 3.8) is 0 Å². The summed E-state index contributed by atoms with van der Waals surface area (Å²) in [6, 6.07) is 0.131. The van der Waals surface area contributed by atoms with E-state index < -0.39 is 10.0 Å². The highest BCUT2D eigenvalue weighted by Crippen LogP contribution is 2.18. The van der Waals surface area contributed by atoms with Crippen molar-refractivity contribution in [2.24, 2.45) is 5.41 Å². The molecule has 1 atom stereocenters. The summed E-state index contributed by atoms with van der Waals surface area (Å²) >= 11 is 0. The van der Waals surface area contributed by atoms with E-state index in [1.165, 1.54) is 0 Å². The number of sulfonamides is 1. The summed E-state index contributed by atoms with van der Waals surface area (Å²) in [4.78, 5) is 0. The van der Waals surface area contributed by atoms with Crippen LogP contribution in [0.15, 0.2) is 0 Å². The third-order valence-electron chi connectivity index (χ3n) is 3.56. The Balaban J connectivity index is 2.40. The van der Waals surface area contributed by atoms with E-state index in [9.17, 15) is 8.42 Å². The SMILES string of the molecule is CCC(C)(C)CNS(=O)(=O)CC1CCCCN1. The first-order valence-corrected chi connectivity index (χ1v) is 8.20. The van der Waals surface area contributed by atoms with E-state index in [2.05, 4.69) is 30.8 Å². The lowest BCUT2D eigenvalue weighted by Gasteiger charge is -2.26. The molecule has 0 saturated carbocycles. The zero-order valence-electron chi connectivity index (χ0n) is 11.3. The number of nitrogens with one attached hydrogen (secondary N) is 2. The number of rotatable bonds is 6. The minimum atomic E-state index is -3.14. The molecular formula is C12H26N2O2S. The van der Waals surface area contributed by atoms with Gasteiger partial charge in [0.25, 0.3) is 0 Å². The molecule has 0 spiro atoms. The molecule has 2 N–H and O–H groups in total. The minimum absolute atomic E-state index is 0.0348. The zero-order valence-corrected chi connectivity index (χ0v) is 12.1. The van der Waals surface area contributed by atoms with Crippen molar-refractivity contribution in [2.45, 2.75) is 52.5 Å². The Morgan fingerprint density at radius 2 is 2.06 bits per heavy atom. The van der Waals surface area contributed by atoms with Crippen LogP contribution in [0.5, 0.6) is 0 Å². The molecule has 1 fully saturated rings. The van der Waals surface area contributed by atoms with Crippen LogP contribution in [0.1, 0.15) is 46.5 Å². The Bertz CT molecular complexity index is 319. The van der Waals surface area contributed by atoms with Crippen molar-refractivity contribution in [1.29, 1.82) is 0 Å². The van der Waals surface area contributed by atoms with E-state index in [0.29, 0.717) is 6.54 Å². The predicted octanol–water partition coefficient (Wildman–Crippen LogP) is 1.48. The standard InChI is InChI=1S/C12H26N2O2S/c1-4-12(2,3)10-14-17(15,16)9-11-7-5-6-8-13-11/h11,13-14H,4-10H2,1-3H3. The van der Waals surface area contributed by atoms with E-state index in [4.69, 9.17) is 0 Å². The van der Waals surface area contributed by atoms with E-state index in [1.54, 1.807) is 0 Å². The second kappa shape index (κ2) is 6.16. The van der Waals surface area contributed by atoms with Crippen LogP contribution < -0.4 is 10.0 Å². The topological polar surface area (TPSA) is 58.2 Å². The monoisotopic (exact) mass is 262 g/mol. The lowest BCUT2D eigenvalue weighted by molar-refractivity contribution is 0.349. The number of hydrogen-bond acceptors (Lipinski definition) is 3. The highest BCUT2D eigenvalue weighted by Gasteiger charge is 2.23. The van der Waals surface area contributed by atoms with Crippen LogP contribution in [0.2, 0.25) is 0 Å². The minimum Gasteiger partial charge on any atom is -0.313 e. The average Bonchev–Trinajstić information content (AvgIpc) is 2.28. The van der Waals surface area contributed by atoms with Gasteiger partial charge in [-0.05, 0) is 31.2 Å². The fraction of sp³-hybridized carbons (Fsp3) is 1.00. The van der Waals surface area contributed by atoms with Crippen molar-refractivity contribution < 1.29 is 8.42 Å². The molecule has 0 aromatic rings. The molecule has 0 aromatic carbocycles. The zero-order chi connectivity index (χ0) is 12.9. The van der Waals surface area contributed by atoms with Gasteiger partial charge >= 0.3 is 0 Å². The van der Waals surface area contributed by atoms with E-state index >= 15 is 0 Å². The molecule has 1 aliphatic rings. The van der Waals surface area contributed by atoms with Crippen molar-refractivity contribution in [3.05, 3.63) is 0 Å². The van der Waals surface area contributed by atoms with Crippen molar-refractivity contribution in [2.75, 3.05) is 18.8 Å². The van der Waals surface area contributed by atoms with Gasteiger partial charge < -0.3 is 5.32 Å². The maximum absolute atomic E-state index is 11.9. The van der Waals surface area contributed by atoms with Gasteiger partial charge in [-0.25, -0.2) is 13.1 Å². The normalized spacial score (nSPS) is 22.6. The second-order valence-corrected chi connectivity index (χ2v) is 7.62. The lowest BCUT2D eigenvalue weighted by Crippen LogP contribution is -2.44. The molecule has 0 radical (unpaired) electrons.